The van der Waals surface area contributed by atoms with Crippen molar-refractivity contribution in [2.45, 2.75) is 76.5 Å². The molecule has 0 aromatic carbocycles. The number of hydrogen-bond acceptors (Lipinski definition) is 0. The second-order valence-electron chi connectivity index (χ2n) is 6.95. The molecular weight excluding hydrogens is 172 g/mol. The summed E-state index contributed by atoms with van der Waals surface area (Å²) in [6.45, 7) is 19.7. The Hall–Kier alpha value is 0.217. The largest absolute Gasteiger partial charge is 0.0700 e. The fourth-order valence-electron chi connectivity index (χ4n) is 4.63. The zero-order chi connectivity index (χ0) is 10.7. The summed E-state index contributed by atoms with van der Waals surface area (Å²) >= 11 is 0. The van der Waals surface area contributed by atoms with Crippen molar-refractivity contribution in [2.24, 2.45) is 0 Å². The molecule has 0 unspecified atom stereocenters. The molecule has 1 aliphatic rings. The molecule has 1 rings (SSSR count). The lowest BCUT2D eigenvalue weighted by molar-refractivity contribution is 0.632. The van der Waals surface area contributed by atoms with E-state index in [-0.39, 0.29) is 0 Å². The Labute approximate surface area is 85.1 Å². The standard InChI is InChI=1S/C12H26Si/c1-9-10(2)13(9,11(3,4)5)12(6,7)8/h9-10H,1-8H3/t9-,10-/m1/s1. The van der Waals surface area contributed by atoms with E-state index in [1.54, 1.807) is 0 Å². The minimum absolute atomic E-state index is 0.573. The molecule has 0 aromatic heterocycles. The Morgan fingerprint density at radius 2 is 0.923 bits per heavy atom. The van der Waals surface area contributed by atoms with Gasteiger partial charge in [-0.3, -0.25) is 0 Å². The summed E-state index contributed by atoms with van der Waals surface area (Å²) < 4.78 is 0. The van der Waals surface area contributed by atoms with Crippen LogP contribution in [-0.2, 0) is 0 Å². The molecule has 78 valence electrons. The maximum atomic E-state index is 2.48. The molecule has 0 nitrogen and oxygen atoms in total. The molecule has 2 atom stereocenters. The zero-order valence-electron chi connectivity index (χ0n) is 10.7. The van der Waals surface area contributed by atoms with E-state index < -0.39 is 8.07 Å². The Morgan fingerprint density at radius 1 is 0.692 bits per heavy atom. The van der Waals surface area contributed by atoms with Crippen LogP contribution in [0.2, 0.25) is 21.2 Å². The van der Waals surface area contributed by atoms with E-state index in [0.717, 1.165) is 11.1 Å². The topological polar surface area (TPSA) is 0 Å². The van der Waals surface area contributed by atoms with Gasteiger partial charge in [0.2, 0.25) is 0 Å². The maximum absolute atomic E-state index is 2.48. The van der Waals surface area contributed by atoms with Crippen molar-refractivity contribution < 1.29 is 0 Å². The van der Waals surface area contributed by atoms with Crippen molar-refractivity contribution in [1.29, 1.82) is 0 Å². The number of rotatable bonds is 0. The van der Waals surface area contributed by atoms with E-state index in [4.69, 9.17) is 0 Å². The molecule has 1 heterocycles. The van der Waals surface area contributed by atoms with Crippen LogP contribution in [-0.4, -0.2) is 8.07 Å². The summed E-state index contributed by atoms with van der Waals surface area (Å²) in [5.74, 6) is 0. The highest BCUT2D eigenvalue weighted by Gasteiger charge is 2.71. The zero-order valence-corrected chi connectivity index (χ0v) is 11.7. The van der Waals surface area contributed by atoms with Gasteiger partial charge in [0.25, 0.3) is 0 Å². The highest BCUT2D eigenvalue weighted by Crippen LogP contribution is 2.77. The molecule has 0 radical (unpaired) electrons. The van der Waals surface area contributed by atoms with Gasteiger partial charge in [-0.15, -0.1) is 0 Å². The van der Waals surface area contributed by atoms with E-state index in [2.05, 4.69) is 55.4 Å². The molecule has 0 amide bonds. The van der Waals surface area contributed by atoms with Gasteiger partial charge in [0, 0.05) is 0 Å². The molecule has 0 N–H and O–H groups in total. The SMILES string of the molecule is C[C@@H]1[C@@H](C)[Si]1(C(C)(C)C)C(C)(C)C. The highest BCUT2D eigenvalue weighted by atomic mass is 28.3. The van der Waals surface area contributed by atoms with Gasteiger partial charge in [0.15, 0.2) is 0 Å². The van der Waals surface area contributed by atoms with Gasteiger partial charge >= 0.3 is 0 Å². The first-order valence-corrected chi connectivity index (χ1v) is 7.72. The second-order valence-corrected chi connectivity index (χ2v) is 13.5. The van der Waals surface area contributed by atoms with Gasteiger partial charge in [-0.25, -0.2) is 0 Å². The van der Waals surface area contributed by atoms with Gasteiger partial charge < -0.3 is 0 Å². The molecule has 0 aromatic rings. The van der Waals surface area contributed by atoms with E-state index in [1.165, 1.54) is 0 Å². The van der Waals surface area contributed by atoms with Crippen LogP contribution in [0.3, 0.4) is 0 Å². The maximum Gasteiger partial charge on any atom is 0.0700 e. The van der Waals surface area contributed by atoms with E-state index in [9.17, 15) is 0 Å². The van der Waals surface area contributed by atoms with Crippen LogP contribution >= 0.6 is 0 Å². The van der Waals surface area contributed by atoms with Crippen molar-refractivity contribution in [2.75, 3.05) is 0 Å². The van der Waals surface area contributed by atoms with E-state index in [1.807, 2.05) is 0 Å². The third kappa shape index (κ3) is 1.23. The van der Waals surface area contributed by atoms with Crippen molar-refractivity contribution in [3.63, 3.8) is 0 Å². The third-order valence-electron chi connectivity index (χ3n) is 4.56. The summed E-state index contributed by atoms with van der Waals surface area (Å²) in [5, 5.41) is 1.15. The first-order valence-electron chi connectivity index (χ1n) is 5.57. The molecule has 13 heavy (non-hydrogen) atoms. The molecule has 1 saturated heterocycles. The lowest BCUT2D eigenvalue weighted by atomic mass is 10.2. The Bertz CT molecular complexity index is 180. The Morgan fingerprint density at radius 3 is 0.923 bits per heavy atom. The van der Waals surface area contributed by atoms with Gasteiger partial charge in [-0.1, -0.05) is 55.4 Å². The lowest BCUT2D eigenvalue weighted by Crippen LogP contribution is -2.40. The van der Waals surface area contributed by atoms with Crippen LogP contribution in [0.5, 0.6) is 0 Å². The average molecular weight is 198 g/mol. The van der Waals surface area contributed by atoms with Crippen LogP contribution in [0.15, 0.2) is 0 Å². The Kier molecular flexibility index (Phi) is 2.28. The van der Waals surface area contributed by atoms with Crippen LogP contribution in [0.4, 0.5) is 0 Å². The monoisotopic (exact) mass is 198 g/mol. The predicted molar refractivity (Wildman–Crippen MR) is 64.0 cm³/mol. The molecule has 0 spiro atoms. The summed E-state index contributed by atoms with van der Waals surface area (Å²) in [6, 6.07) is 0. The molecule has 0 bridgehead atoms. The minimum Gasteiger partial charge on any atom is -0.0649 e. The van der Waals surface area contributed by atoms with Crippen molar-refractivity contribution in [3.8, 4) is 0 Å². The van der Waals surface area contributed by atoms with E-state index in [0.29, 0.717) is 10.1 Å². The summed E-state index contributed by atoms with van der Waals surface area (Å²) in [7, 11) is -1.06. The second kappa shape index (κ2) is 2.62. The van der Waals surface area contributed by atoms with Gasteiger partial charge in [-0.2, -0.15) is 0 Å². The van der Waals surface area contributed by atoms with Crippen LogP contribution < -0.4 is 0 Å². The fourth-order valence-corrected chi connectivity index (χ4v) is 14.4. The van der Waals surface area contributed by atoms with Gasteiger partial charge in [0.05, 0.1) is 8.07 Å². The lowest BCUT2D eigenvalue weighted by Gasteiger charge is -2.42. The molecule has 1 aliphatic heterocycles. The normalized spacial score (nSPS) is 33.2. The van der Waals surface area contributed by atoms with Gasteiger partial charge in [0.1, 0.15) is 0 Å². The summed E-state index contributed by atoms with van der Waals surface area (Å²) in [6.07, 6.45) is 0. The molecule has 1 fully saturated rings. The van der Waals surface area contributed by atoms with Crippen LogP contribution in [0, 0.1) is 0 Å². The van der Waals surface area contributed by atoms with Crippen LogP contribution in [0.1, 0.15) is 55.4 Å². The molecule has 1 heteroatoms. The highest BCUT2D eigenvalue weighted by molar-refractivity contribution is 6.97. The summed E-state index contributed by atoms with van der Waals surface area (Å²) in [4.78, 5) is 0. The first-order chi connectivity index (χ1) is 5.57. The molecular formula is C12H26Si. The first kappa shape index (κ1) is 11.3. The van der Waals surface area contributed by atoms with Crippen LogP contribution in [0.25, 0.3) is 0 Å². The third-order valence-corrected chi connectivity index (χ3v) is 13.0. The Balaban J connectivity index is 3.09. The smallest absolute Gasteiger partial charge is 0.0649 e. The van der Waals surface area contributed by atoms with Crippen molar-refractivity contribution in [3.05, 3.63) is 0 Å². The van der Waals surface area contributed by atoms with E-state index >= 15 is 0 Å². The number of hydrogen-bond donors (Lipinski definition) is 0. The fraction of sp³-hybridized carbons (Fsp3) is 1.00. The van der Waals surface area contributed by atoms with Crippen molar-refractivity contribution >= 4 is 8.07 Å². The predicted octanol–water partition coefficient (Wildman–Crippen LogP) is 4.83. The quantitative estimate of drug-likeness (QED) is 0.489. The van der Waals surface area contributed by atoms with Crippen molar-refractivity contribution in [1.82, 2.24) is 0 Å². The average Bonchev–Trinajstić information content (AvgIpc) is 2.32. The summed E-state index contributed by atoms with van der Waals surface area (Å²) in [5.41, 5.74) is 2.04. The molecule has 0 aliphatic carbocycles. The van der Waals surface area contributed by atoms with Gasteiger partial charge in [-0.05, 0) is 21.2 Å². The minimum atomic E-state index is -1.06. The molecule has 0 saturated carbocycles.